The first-order valence-corrected chi connectivity index (χ1v) is 6.68. The zero-order chi connectivity index (χ0) is 11.1. The Morgan fingerprint density at radius 1 is 1.20 bits per heavy atom. The Morgan fingerprint density at radius 3 is 2.40 bits per heavy atom. The lowest BCUT2D eigenvalue weighted by Gasteiger charge is -2.26. The van der Waals surface area contributed by atoms with Gasteiger partial charge in [-0.1, -0.05) is 33.1 Å². The molecule has 0 amide bonds. The third-order valence-corrected chi connectivity index (χ3v) is 3.62. The maximum atomic E-state index is 9.27. The van der Waals surface area contributed by atoms with Crippen LogP contribution in [0.2, 0.25) is 0 Å². The van der Waals surface area contributed by atoms with Crippen LogP contribution in [0.4, 0.5) is 0 Å². The fraction of sp³-hybridized carbons (Fsp3) is 1.00. The molecule has 0 aromatic carbocycles. The number of nitrogens with one attached hydrogen (secondary N) is 1. The zero-order valence-electron chi connectivity index (χ0n) is 10.3. The molecule has 0 aromatic heterocycles. The van der Waals surface area contributed by atoms with E-state index in [0.717, 1.165) is 0 Å². The Hall–Kier alpha value is -0.0800. The summed E-state index contributed by atoms with van der Waals surface area (Å²) in [5, 5.41) is 13.0. The lowest BCUT2D eigenvalue weighted by Crippen LogP contribution is -2.41. The Balaban J connectivity index is 2.35. The summed E-state index contributed by atoms with van der Waals surface area (Å²) in [5.74, 6) is 0.515. The molecule has 0 radical (unpaired) electrons. The molecule has 0 aromatic rings. The molecule has 2 N–H and O–H groups in total. The van der Waals surface area contributed by atoms with E-state index in [1.807, 2.05) is 0 Å². The van der Waals surface area contributed by atoms with Crippen LogP contribution in [0.1, 0.15) is 58.8 Å². The zero-order valence-corrected chi connectivity index (χ0v) is 10.3. The molecular formula is C13H27NO. The summed E-state index contributed by atoms with van der Waals surface area (Å²) in [6.45, 7) is 4.87. The van der Waals surface area contributed by atoms with Gasteiger partial charge >= 0.3 is 0 Å². The van der Waals surface area contributed by atoms with Gasteiger partial charge < -0.3 is 10.4 Å². The SMILES string of the molecule is CCCC(CCC)NC1CCCC1CO. The minimum Gasteiger partial charge on any atom is -0.396 e. The standard InChI is InChI=1S/C13H27NO/c1-3-6-12(7-4-2)14-13-9-5-8-11(13)10-15/h11-15H,3-10H2,1-2H3. The Morgan fingerprint density at radius 2 is 1.87 bits per heavy atom. The maximum absolute atomic E-state index is 9.27. The second-order valence-corrected chi connectivity index (χ2v) is 4.92. The number of aliphatic hydroxyl groups is 1. The first kappa shape index (κ1) is 13.0. The molecule has 0 spiro atoms. The summed E-state index contributed by atoms with van der Waals surface area (Å²) in [6.07, 6.45) is 8.83. The number of hydrogen-bond donors (Lipinski definition) is 2. The number of rotatable bonds is 7. The van der Waals surface area contributed by atoms with Crippen LogP contribution in [0.3, 0.4) is 0 Å². The van der Waals surface area contributed by atoms with Crippen molar-refractivity contribution in [3.63, 3.8) is 0 Å². The van der Waals surface area contributed by atoms with Crippen LogP contribution in [0.15, 0.2) is 0 Å². The molecule has 0 saturated heterocycles. The van der Waals surface area contributed by atoms with E-state index in [9.17, 15) is 5.11 Å². The van der Waals surface area contributed by atoms with Gasteiger partial charge in [-0.15, -0.1) is 0 Å². The van der Waals surface area contributed by atoms with Gasteiger partial charge in [0.05, 0.1) is 0 Å². The largest absolute Gasteiger partial charge is 0.396 e. The molecule has 2 unspecified atom stereocenters. The fourth-order valence-corrected chi connectivity index (χ4v) is 2.79. The van der Waals surface area contributed by atoms with Gasteiger partial charge in [0.1, 0.15) is 0 Å². The van der Waals surface area contributed by atoms with Gasteiger partial charge in [-0.05, 0) is 31.6 Å². The lowest BCUT2D eigenvalue weighted by molar-refractivity contribution is 0.196. The van der Waals surface area contributed by atoms with Gasteiger partial charge in [0, 0.05) is 18.7 Å². The van der Waals surface area contributed by atoms with E-state index in [2.05, 4.69) is 19.2 Å². The van der Waals surface area contributed by atoms with Crippen LogP contribution >= 0.6 is 0 Å². The summed E-state index contributed by atoms with van der Waals surface area (Å²) < 4.78 is 0. The van der Waals surface area contributed by atoms with Gasteiger partial charge in [0.2, 0.25) is 0 Å². The summed E-state index contributed by atoms with van der Waals surface area (Å²) in [5.41, 5.74) is 0. The molecule has 2 atom stereocenters. The van der Waals surface area contributed by atoms with E-state index >= 15 is 0 Å². The second kappa shape index (κ2) is 7.24. The molecule has 2 nitrogen and oxygen atoms in total. The van der Waals surface area contributed by atoms with Crippen molar-refractivity contribution in [3.8, 4) is 0 Å². The van der Waals surface area contributed by atoms with Crippen LogP contribution in [0.5, 0.6) is 0 Å². The van der Waals surface area contributed by atoms with Crippen molar-refractivity contribution in [3.05, 3.63) is 0 Å². The predicted octanol–water partition coefficient (Wildman–Crippen LogP) is 2.71. The van der Waals surface area contributed by atoms with Crippen molar-refractivity contribution in [2.45, 2.75) is 70.9 Å². The van der Waals surface area contributed by atoms with Crippen LogP contribution in [0, 0.1) is 5.92 Å². The minimum atomic E-state index is 0.364. The Bertz CT molecular complexity index is 155. The molecule has 90 valence electrons. The van der Waals surface area contributed by atoms with Crippen LogP contribution in [0.25, 0.3) is 0 Å². The molecule has 15 heavy (non-hydrogen) atoms. The molecular weight excluding hydrogens is 186 g/mol. The topological polar surface area (TPSA) is 32.3 Å². The smallest absolute Gasteiger partial charge is 0.0474 e. The van der Waals surface area contributed by atoms with E-state index in [1.165, 1.54) is 44.9 Å². The number of hydrogen-bond acceptors (Lipinski definition) is 2. The summed E-state index contributed by atoms with van der Waals surface area (Å²) in [7, 11) is 0. The Labute approximate surface area is 94.5 Å². The highest BCUT2D eigenvalue weighted by Gasteiger charge is 2.27. The van der Waals surface area contributed by atoms with Gasteiger partial charge in [-0.3, -0.25) is 0 Å². The molecule has 0 heterocycles. The van der Waals surface area contributed by atoms with Crippen molar-refractivity contribution in [1.29, 1.82) is 0 Å². The Kier molecular flexibility index (Phi) is 6.26. The number of aliphatic hydroxyl groups excluding tert-OH is 1. The molecule has 1 rings (SSSR count). The van der Waals surface area contributed by atoms with Gasteiger partial charge in [0.15, 0.2) is 0 Å². The van der Waals surface area contributed by atoms with E-state index < -0.39 is 0 Å². The highest BCUT2D eigenvalue weighted by molar-refractivity contribution is 4.85. The van der Waals surface area contributed by atoms with Crippen molar-refractivity contribution >= 4 is 0 Å². The van der Waals surface area contributed by atoms with Crippen molar-refractivity contribution in [1.82, 2.24) is 5.32 Å². The highest BCUT2D eigenvalue weighted by Crippen LogP contribution is 2.26. The molecule has 1 aliphatic carbocycles. The van der Waals surface area contributed by atoms with E-state index in [4.69, 9.17) is 0 Å². The molecule has 0 aliphatic heterocycles. The van der Waals surface area contributed by atoms with Gasteiger partial charge in [-0.25, -0.2) is 0 Å². The average Bonchev–Trinajstić information content (AvgIpc) is 2.66. The third kappa shape index (κ3) is 4.12. The third-order valence-electron chi connectivity index (χ3n) is 3.62. The maximum Gasteiger partial charge on any atom is 0.0474 e. The van der Waals surface area contributed by atoms with Crippen molar-refractivity contribution < 1.29 is 5.11 Å². The first-order valence-electron chi connectivity index (χ1n) is 6.68. The van der Waals surface area contributed by atoms with Gasteiger partial charge in [0.25, 0.3) is 0 Å². The first-order chi connectivity index (χ1) is 7.31. The molecule has 1 fully saturated rings. The molecule has 1 aliphatic rings. The van der Waals surface area contributed by atoms with E-state index in [-0.39, 0.29) is 0 Å². The van der Waals surface area contributed by atoms with Crippen LogP contribution in [-0.2, 0) is 0 Å². The lowest BCUT2D eigenvalue weighted by atomic mass is 10.0. The quantitative estimate of drug-likeness (QED) is 0.681. The fourth-order valence-electron chi connectivity index (χ4n) is 2.79. The summed E-state index contributed by atoms with van der Waals surface area (Å²) in [4.78, 5) is 0. The highest BCUT2D eigenvalue weighted by atomic mass is 16.3. The van der Waals surface area contributed by atoms with Crippen LogP contribution in [-0.4, -0.2) is 23.8 Å². The molecule has 0 bridgehead atoms. The molecule has 1 saturated carbocycles. The average molecular weight is 213 g/mol. The molecule has 2 heteroatoms. The second-order valence-electron chi connectivity index (χ2n) is 4.92. The predicted molar refractivity (Wildman–Crippen MR) is 65.0 cm³/mol. The minimum absolute atomic E-state index is 0.364. The van der Waals surface area contributed by atoms with Crippen molar-refractivity contribution in [2.24, 2.45) is 5.92 Å². The van der Waals surface area contributed by atoms with E-state index in [0.29, 0.717) is 24.6 Å². The normalized spacial score (nSPS) is 26.4. The van der Waals surface area contributed by atoms with Gasteiger partial charge in [-0.2, -0.15) is 0 Å². The summed E-state index contributed by atoms with van der Waals surface area (Å²) in [6, 6.07) is 1.26. The van der Waals surface area contributed by atoms with E-state index in [1.54, 1.807) is 0 Å². The summed E-state index contributed by atoms with van der Waals surface area (Å²) >= 11 is 0. The monoisotopic (exact) mass is 213 g/mol. The van der Waals surface area contributed by atoms with Crippen LogP contribution < -0.4 is 5.32 Å². The van der Waals surface area contributed by atoms with Crippen molar-refractivity contribution in [2.75, 3.05) is 6.61 Å².